The third-order valence-corrected chi connectivity index (χ3v) is 6.56. The molecule has 1 saturated carbocycles. The van der Waals surface area contributed by atoms with Gasteiger partial charge < -0.3 is 4.90 Å². The Morgan fingerprint density at radius 2 is 1.64 bits per heavy atom. The fourth-order valence-electron chi connectivity index (χ4n) is 4.62. The van der Waals surface area contributed by atoms with E-state index in [0.717, 1.165) is 32.7 Å². The Bertz CT molecular complexity index is 747. The van der Waals surface area contributed by atoms with E-state index in [2.05, 4.69) is 65.7 Å². The molecule has 2 heterocycles. The maximum Gasteiger partial charge on any atom is 0.0771 e. The number of piperazine rings is 1. The lowest BCUT2D eigenvalue weighted by Crippen LogP contribution is -2.43. The van der Waals surface area contributed by atoms with E-state index < -0.39 is 0 Å². The maximum absolute atomic E-state index is 5.14. The molecule has 1 aromatic heterocycles. The quantitative estimate of drug-likeness (QED) is 0.735. The van der Waals surface area contributed by atoms with Crippen LogP contribution in [0.1, 0.15) is 69.2 Å². The monoisotopic (exact) mass is 380 g/mol. The van der Waals surface area contributed by atoms with Crippen molar-refractivity contribution in [2.75, 3.05) is 33.2 Å². The van der Waals surface area contributed by atoms with Crippen molar-refractivity contribution >= 4 is 0 Å². The number of likely N-dealkylation sites (N-methyl/N-ethyl adjacent to an activating group) is 1. The highest BCUT2D eigenvalue weighted by atomic mass is 15.3. The molecule has 152 valence electrons. The summed E-state index contributed by atoms with van der Waals surface area (Å²) in [6.07, 6.45) is 6.60. The summed E-state index contributed by atoms with van der Waals surface area (Å²) < 4.78 is 2.37. The first-order chi connectivity index (χ1) is 13.6. The van der Waals surface area contributed by atoms with E-state index in [0.29, 0.717) is 12.0 Å². The molecule has 0 amide bonds. The van der Waals surface area contributed by atoms with Gasteiger partial charge in [-0.25, -0.2) is 0 Å². The van der Waals surface area contributed by atoms with Crippen LogP contribution in [-0.4, -0.2) is 52.8 Å². The molecule has 0 radical (unpaired) electrons. The van der Waals surface area contributed by atoms with E-state index in [1.165, 1.54) is 54.6 Å². The summed E-state index contributed by atoms with van der Waals surface area (Å²) in [7, 11) is 2.22. The molecular weight excluding hydrogens is 344 g/mol. The Morgan fingerprint density at radius 3 is 2.29 bits per heavy atom. The molecule has 0 bridgehead atoms. The summed E-state index contributed by atoms with van der Waals surface area (Å²) in [4.78, 5) is 4.97. The second kappa shape index (κ2) is 8.79. The average Bonchev–Trinajstić information content (AvgIpc) is 3.14. The molecule has 2 aromatic rings. The molecule has 4 nitrogen and oxygen atoms in total. The van der Waals surface area contributed by atoms with Gasteiger partial charge in [0, 0.05) is 32.7 Å². The standard InChI is InChI=1S/C24H36N4/c1-19(2)20-9-11-21(12-10-20)24-17-22(18-27-15-13-26(3)14-16-27)25-28(24)23-7-5-4-6-8-23/h9-12,17,19,23H,4-8,13-16,18H2,1-3H3. The van der Waals surface area contributed by atoms with E-state index in [1.54, 1.807) is 0 Å². The van der Waals surface area contributed by atoms with Crippen LogP contribution in [0.15, 0.2) is 30.3 Å². The van der Waals surface area contributed by atoms with Crippen LogP contribution in [0.25, 0.3) is 11.3 Å². The van der Waals surface area contributed by atoms with E-state index in [1.807, 2.05) is 0 Å². The minimum absolute atomic E-state index is 0.565. The Balaban J connectivity index is 1.60. The van der Waals surface area contributed by atoms with Crippen LogP contribution in [0.2, 0.25) is 0 Å². The van der Waals surface area contributed by atoms with Gasteiger partial charge in [-0.2, -0.15) is 5.10 Å². The zero-order chi connectivity index (χ0) is 19.5. The van der Waals surface area contributed by atoms with Gasteiger partial charge in [0.05, 0.1) is 17.4 Å². The van der Waals surface area contributed by atoms with Crippen LogP contribution in [0.5, 0.6) is 0 Å². The van der Waals surface area contributed by atoms with Gasteiger partial charge in [0.25, 0.3) is 0 Å². The summed E-state index contributed by atoms with van der Waals surface area (Å²) in [5.74, 6) is 0.574. The third-order valence-electron chi connectivity index (χ3n) is 6.56. The second-order valence-corrected chi connectivity index (χ2v) is 9.11. The highest BCUT2D eigenvalue weighted by molar-refractivity contribution is 5.61. The van der Waals surface area contributed by atoms with Crippen LogP contribution < -0.4 is 0 Å². The minimum Gasteiger partial charge on any atom is -0.304 e. The smallest absolute Gasteiger partial charge is 0.0771 e. The largest absolute Gasteiger partial charge is 0.304 e. The zero-order valence-electron chi connectivity index (χ0n) is 17.9. The van der Waals surface area contributed by atoms with Gasteiger partial charge in [0.2, 0.25) is 0 Å². The number of aromatic nitrogens is 2. The van der Waals surface area contributed by atoms with E-state index in [4.69, 9.17) is 5.10 Å². The lowest BCUT2D eigenvalue weighted by molar-refractivity contribution is 0.146. The van der Waals surface area contributed by atoms with Gasteiger partial charge in [0.15, 0.2) is 0 Å². The van der Waals surface area contributed by atoms with Crippen molar-refractivity contribution in [2.45, 2.75) is 64.5 Å². The second-order valence-electron chi connectivity index (χ2n) is 9.11. The van der Waals surface area contributed by atoms with Crippen molar-refractivity contribution < 1.29 is 0 Å². The SMILES string of the molecule is CC(C)c1ccc(-c2cc(CN3CCN(C)CC3)nn2C2CCCCC2)cc1. The average molecular weight is 381 g/mol. The number of nitrogens with zero attached hydrogens (tertiary/aromatic N) is 4. The highest BCUT2D eigenvalue weighted by Gasteiger charge is 2.22. The molecule has 2 fully saturated rings. The molecule has 4 rings (SSSR count). The van der Waals surface area contributed by atoms with Crippen molar-refractivity contribution in [1.29, 1.82) is 0 Å². The summed E-state index contributed by atoms with van der Waals surface area (Å²) in [6, 6.07) is 12.1. The molecule has 0 atom stereocenters. The predicted molar refractivity (Wildman–Crippen MR) is 117 cm³/mol. The summed E-state index contributed by atoms with van der Waals surface area (Å²) in [6.45, 7) is 10.1. The van der Waals surface area contributed by atoms with Crippen LogP contribution in [0, 0.1) is 0 Å². The minimum atomic E-state index is 0.565. The van der Waals surface area contributed by atoms with Crippen LogP contribution in [-0.2, 0) is 6.54 Å². The highest BCUT2D eigenvalue weighted by Crippen LogP contribution is 2.33. The third kappa shape index (κ3) is 4.49. The molecule has 0 spiro atoms. The Kier molecular flexibility index (Phi) is 6.17. The van der Waals surface area contributed by atoms with E-state index >= 15 is 0 Å². The first kappa shape index (κ1) is 19.7. The predicted octanol–water partition coefficient (Wildman–Crippen LogP) is 4.93. The van der Waals surface area contributed by atoms with Crippen molar-refractivity contribution in [3.8, 4) is 11.3 Å². The molecule has 1 aromatic carbocycles. The van der Waals surface area contributed by atoms with Gasteiger partial charge in [-0.1, -0.05) is 57.4 Å². The van der Waals surface area contributed by atoms with Gasteiger partial charge in [0.1, 0.15) is 0 Å². The molecule has 4 heteroatoms. The summed E-state index contributed by atoms with van der Waals surface area (Å²) in [5.41, 5.74) is 5.27. The normalized spacial score (nSPS) is 20.1. The number of rotatable bonds is 5. The molecule has 2 aliphatic rings. The van der Waals surface area contributed by atoms with Gasteiger partial charge in [-0.3, -0.25) is 9.58 Å². The molecule has 0 N–H and O–H groups in total. The van der Waals surface area contributed by atoms with Crippen LogP contribution in [0.4, 0.5) is 0 Å². The molecule has 1 aliphatic carbocycles. The van der Waals surface area contributed by atoms with Crippen molar-refractivity contribution in [3.05, 3.63) is 41.6 Å². The Hall–Kier alpha value is -1.65. The van der Waals surface area contributed by atoms with E-state index in [9.17, 15) is 0 Å². The fourth-order valence-corrected chi connectivity index (χ4v) is 4.62. The molecule has 1 aliphatic heterocycles. The lowest BCUT2D eigenvalue weighted by atomic mass is 9.95. The first-order valence-corrected chi connectivity index (χ1v) is 11.2. The van der Waals surface area contributed by atoms with Crippen molar-refractivity contribution in [2.24, 2.45) is 0 Å². The van der Waals surface area contributed by atoms with Crippen LogP contribution >= 0.6 is 0 Å². The van der Waals surface area contributed by atoms with Gasteiger partial charge >= 0.3 is 0 Å². The number of benzene rings is 1. The molecule has 28 heavy (non-hydrogen) atoms. The van der Waals surface area contributed by atoms with E-state index in [-0.39, 0.29) is 0 Å². The van der Waals surface area contributed by atoms with Gasteiger partial charge in [-0.05, 0) is 43.0 Å². The molecule has 1 saturated heterocycles. The number of hydrogen-bond donors (Lipinski definition) is 0. The Labute approximate surface area is 170 Å². The first-order valence-electron chi connectivity index (χ1n) is 11.2. The summed E-state index contributed by atoms with van der Waals surface area (Å²) in [5, 5.41) is 5.14. The fraction of sp³-hybridized carbons (Fsp3) is 0.625. The lowest BCUT2D eigenvalue weighted by Gasteiger charge is -2.31. The van der Waals surface area contributed by atoms with Crippen molar-refractivity contribution in [3.63, 3.8) is 0 Å². The maximum atomic E-state index is 5.14. The molecule has 0 unspecified atom stereocenters. The molecular formula is C24H36N4. The van der Waals surface area contributed by atoms with Gasteiger partial charge in [-0.15, -0.1) is 0 Å². The topological polar surface area (TPSA) is 24.3 Å². The Morgan fingerprint density at radius 1 is 0.964 bits per heavy atom. The number of hydrogen-bond acceptors (Lipinski definition) is 3. The van der Waals surface area contributed by atoms with Crippen molar-refractivity contribution in [1.82, 2.24) is 19.6 Å². The zero-order valence-corrected chi connectivity index (χ0v) is 17.9. The summed E-state index contributed by atoms with van der Waals surface area (Å²) >= 11 is 0. The van der Waals surface area contributed by atoms with Crippen LogP contribution in [0.3, 0.4) is 0 Å².